The highest BCUT2D eigenvalue weighted by molar-refractivity contribution is 14.1. The monoisotopic (exact) mass is 568 g/mol. The van der Waals surface area contributed by atoms with Crippen molar-refractivity contribution < 1.29 is 19.1 Å². The molecule has 0 aliphatic carbocycles. The number of anilines is 1. The Morgan fingerprint density at radius 3 is 2.52 bits per heavy atom. The molecule has 31 heavy (non-hydrogen) atoms. The number of ether oxygens (including phenoxy) is 2. The van der Waals surface area contributed by atoms with Gasteiger partial charge in [-0.1, -0.05) is 30.0 Å². The number of amides is 2. The van der Waals surface area contributed by atoms with Crippen LogP contribution in [0.25, 0.3) is 6.08 Å². The van der Waals surface area contributed by atoms with Gasteiger partial charge in [0, 0.05) is 5.69 Å². The molecule has 1 saturated heterocycles. The molecular weight excluding hydrogens is 547 g/mol. The summed E-state index contributed by atoms with van der Waals surface area (Å²) in [5.41, 5.74) is 3.66. The lowest BCUT2D eigenvalue weighted by Gasteiger charge is -2.15. The SMILES string of the molecule is CCOc1cc(/C=C2\SC(=S)NC2=O)cc(I)c1OCC(=O)Nc1cc(C)cc(C)c1. The highest BCUT2D eigenvalue weighted by Gasteiger charge is 2.22. The topological polar surface area (TPSA) is 76.7 Å². The van der Waals surface area contributed by atoms with Gasteiger partial charge < -0.3 is 20.1 Å². The van der Waals surface area contributed by atoms with Gasteiger partial charge in [-0.15, -0.1) is 0 Å². The quantitative estimate of drug-likeness (QED) is 0.284. The molecule has 0 bridgehead atoms. The fraction of sp³-hybridized carbons (Fsp3) is 0.227. The predicted molar refractivity (Wildman–Crippen MR) is 137 cm³/mol. The van der Waals surface area contributed by atoms with Crippen LogP contribution in [0, 0.1) is 17.4 Å². The van der Waals surface area contributed by atoms with E-state index in [9.17, 15) is 9.59 Å². The van der Waals surface area contributed by atoms with E-state index in [-0.39, 0.29) is 18.4 Å². The van der Waals surface area contributed by atoms with Gasteiger partial charge in [0.25, 0.3) is 11.8 Å². The second-order valence-corrected chi connectivity index (χ2v) is 9.71. The molecule has 0 saturated carbocycles. The van der Waals surface area contributed by atoms with E-state index in [1.165, 1.54) is 11.8 Å². The van der Waals surface area contributed by atoms with Crippen molar-refractivity contribution >= 4 is 74.5 Å². The lowest BCUT2D eigenvalue weighted by atomic mass is 10.1. The van der Waals surface area contributed by atoms with Crippen molar-refractivity contribution in [3.05, 3.63) is 55.5 Å². The van der Waals surface area contributed by atoms with Crippen LogP contribution in [-0.2, 0) is 9.59 Å². The molecule has 6 nitrogen and oxygen atoms in total. The molecule has 0 radical (unpaired) electrons. The molecule has 0 aromatic heterocycles. The van der Waals surface area contributed by atoms with Gasteiger partial charge in [0.05, 0.1) is 15.1 Å². The van der Waals surface area contributed by atoms with Gasteiger partial charge in [-0.3, -0.25) is 9.59 Å². The molecule has 2 N–H and O–H groups in total. The lowest BCUT2D eigenvalue weighted by Crippen LogP contribution is -2.21. The number of aryl methyl sites for hydroxylation is 2. The first-order valence-electron chi connectivity index (χ1n) is 9.47. The molecule has 0 spiro atoms. The molecule has 3 rings (SSSR count). The van der Waals surface area contributed by atoms with Gasteiger partial charge in [-0.2, -0.15) is 0 Å². The van der Waals surface area contributed by atoms with Crippen molar-refractivity contribution in [2.75, 3.05) is 18.5 Å². The van der Waals surface area contributed by atoms with Crippen LogP contribution in [0.4, 0.5) is 5.69 Å². The summed E-state index contributed by atoms with van der Waals surface area (Å²) in [4.78, 5) is 24.9. The van der Waals surface area contributed by atoms with Crippen molar-refractivity contribution in [2.24, 2.45) is 0 Å². The van der Waals surface area contributed by atoms with Gasteiger partial charge in [-0.25, -0.2) is 0 Å². The number of hydrogen-bond acceptors (Lipinski definition) is 6. The Bertz CT molecular complexity index is 1070. The Kier molecular flexibility index (Phi) is 7.95. The molecule has 2 amide bonds. The number of thiocarbonyl (C=S) groups is 1. The summed E-state index contributed by atoms with van der Waals surface area (Å²) in [6, 6.07) is 9.51. The third-order valence-corrected chi connectivity index (χ3v) is 6.09. The number of nitrogens with one attached hydrogen (secondary N) is 2. The summed E-state index contributed by atoms with van der Waals surface area (Å²) in [7, 11) is 0. The van der Waals surface area contributed by atoms with E-state index in [4.69, 9.17) is 21.7 Å². The van der Waals surface area contributed by atoms with Crippen molar-refractivity contribution in [1.29, 1.82) is 0 Å². The van der Waals surface area contributed by atoms with Gasteiger partial charge in [0.1, 0.15) is 4.32 Å². The van der Waals surface area contributed by atoms with Crippen molar-refractivity contribution in [3.8, 4) is 11.5 Å². The van der Waals surface area contributed by atoms with E-state index in [1.54, 1.807) is 12.1 Å². The standard InChI is InChI=1S/C22H21IN2O4S2/c1-4-28-17-9-14(10-18-21(27)25-22(30)31-18)8-16(23)20(17)29-11-19(26)24-15-6-12(2)5-13(3)7-15/h5-10H,4,11H2,1-3H3,(H,24,26)(H,25,27,30)/b18-10-. The van der Waals surface area contributed by atoms with Gasteiger partial charge in [0.2, 0.25) is 0 Å². The van der Waals surface area contributed by atoms with E-state index >= 15 is 0 Å². The van der Waals surface area contributed by atoms with Crippen molar-refractivity contribution in [1.82, 2.24) is 5.32 Å². The zero-order valence-corrected chi connectivity index (χ0v) is 21.0. The maximum atomic E-state index is 12.4. The van der Waals surface area contributed by atoms with Gasteiger partial charge >= 0.3 is 0 Å². The molecule has 1 fully saturated rings. The van der Waals surface area contributed by atoms with E-state index in [0.29, 0.717) is 27.3 Å². The van der Waals surface area contributed by atoms with Crippen LogP contribution in [-0.4, -0.2) is 29.3 Å². The number of thioether (sulfide) groups is 1. The summed E-state index contributed by atoms with van der Waals surface area (Å²) in [5, 5.41) is 5.45. The maximum Gasteiger partial charge on any atom is 0.263 e. The Balaban J connectivity index is 1.75. The molecular formula is C22H21IN2O4S2. The minimum Gasteiger partial charge on any atom is -0.490 e. The third kappa shape index (κ3) is 6.44. The Hall–Kier alpha value is -2.11. The number of carbonyl (C=O) groups excluding carboxylic acids is 2. The Morgan fingerprint density at radius 2 is 1.90 bits per heavy atom. The molecule has 0 unspecified atom stereocenters. The zero-order chi connectivity index (χ0) is 22.5. The Morgan fingerprint density at radius 1 is 1.19 bits per heavy atom. The lowest BCUT2D eigenvalue weighted by molar-refractivity contribution is -0.118. The maximum absolute atomic E-state index is 12.4. The Labute approximate surface area is 204 Å². The number of rotatable bonds is 7. The minimum absolute atomic E-state index is 0.157. The molecule has 1 heterocycles. The molecule has 9 heteroatoms. The van der Waals surface area contributed by atoms with Crippen LogP contribution in [0.15, 0.2) is 35.2 Å². The molecule has 1 aliphatic heterocycles. The molecule has 162 valence electrons. The van der Waals surface area contributed by atoms with Crippen molar-refractivity contribution in [3.63, 3.8) is 0 Å². The highest BCUT2D eigenvalue weighted by Crippen LogP contribution is 2.36. The largest absolute Gasteiger partial charge is 0.490 e. The van der Waals surface area contributed by atoms with Crippen LogP contribution in [0.5, 0.6) is 11.5 Å². The summed E-state index contributed by atoms with van der Waals surface area (Å²) < 4.78 is 12.7. The number of halogens is 1. The van der Waals surface area contributed by atoms with Gasteiger partial charge in [0.15, 0.2) is 18.1 Å². The summed E-state index contributed by atoms with van der Waals surface area (Å²) in [6.07, 6.45) is 1.75. The summed E-state index contributed by atoms with van der Waals surface area (Å²) in [5.74, 6) is 0.513. The van der Waals surface area contributed by atoms with Crippen LogP contribution in [0.3, 0.4) is 0 Å². The van der Waals surface area contributed by atoms with Crippen LogP contribution in [0.1, 0.15) is 23.6 Å². The zero-order valence-electron chi connectivity index (χ0n) is 17.2. The molecule has 0 atom stereocenters. The van der Waals surface area contributed by atoms with Crippen LogP contribution < -0.4 is 20.1 Å². The average molecular weight is 568 g/mol. The number of carbonyl (C=O) groups is 2. The van der Waals surface area contributed by atoms with E-state index in [1.807, 2.05) is 45.0 Å². The first-order valence-corrected chi connectivity index (χ1v) is 11.8. The fourth-order valence-corrected chi connectivity index (χ4v) is 4.85. The highest BCUT2D eigenvalue weighted by atomic mass is 127. The first kappa shape index (κ1) is 23.6. The molecule has 1 aliphatic rings. The minimum atomic E-state index is -0.262. The predicted octanol–water partition coefficient (Wildman–Crippen LogP) is 4.81. The smallest absolute Gasteiger partial charge is 0.263 e. The second kappa shape index (κ2) is 10.5. The summed E-state index contributed by atoms with van der Waals surface area (Å²) >= 11 is 8.38. The average Bonchev–Trinajstić information content (AvgIpc) is 2.97. The third-order valence-electron chi connectivity index (χ3n) is 4.12. The van der Waals surface area contributed by atoms with Crippen LogP contribution in [0.2, 0.25) is 0 Å². The molecule has 2 aromatic carbocycles. The van der Waals surface area contributed by atoms with E-state index < -0.39 is 0 Å². The normalized spacial score (nSPS) is 14.5. The van der Waals surface area contributed by atoms with E-state index in [2.05, 4.69) is 33.2 Å². The fourth-order valence-electron chi connectivity index (χ4n) is 3.03. The van der Waals surface area contributed by atoms with E-state index in [0.717, 1.165) is 25.9 Å². The molecule has 2 aromatic rings. The van der Waals surface area contributed by atoms with Crippen LogP contribution >= 0.6 is 46.6 Å². The van der Waals surface area contributed by atoms with Crippen molar-refractivity contribution in [2.45, 2.75) is 20.8 Å². The number of benzene rings is 2. The van der Waals surface area contributed by atoms with Gasteiger partial charge in [-0.05, 0) is 90.4 Å². The number of hydrogen-bond donors (Lipinski definition) is 2. The summed E-state index contributed by atoms with van der Waals surface area (Å²) in [6.45, 7) is 6.10. The second-order valence-electron chi connectivity index (χ2n) is 6.83. The first-order chi connectivity index (χ1) is 14.7.